The van der Waals surface area contributed by atoms with Crippen molar-refractivity contribution < 1.29 is 43.3 Å². The van der Waals surface area contributed by atoms with Crippen LogP contribution < -0.4 is 5.32 Å². The van der Waals surface area contributed by atoms with Crippen LogP contribution in [0.25, 0.3) is 11.0 Å². The van der Waals surface area contributed by atoms with Gasteiger partial charge < -0.3 is 39.5 Å². The number of rotatable bonds is 9. The maximum atomic E-state index is 11.9. The van der Waals surface area contributed by atoms with Gasteiger partial charge in [-0.15, -0.1) is 0 Å². The van der Waals surface area contributed by atoms with Gasteiger partial charge in [0.2, 0.25) is 5.28 Å². The minimum atomic E-state index is -4.83. The molecule has 0 aliphatic carbocycles. The number of benzene rings is 1. The lowest BCUT2D eigenvalue weighted by Crippen LogP contribution is -2.33. The first-order chi connectivity index (χ1) is 17.2. The van der Waals surface area contributed by atoms with Gasteiger partial charge in [-0.1, -0.05) is 29.8 Å². The second-order valence-corrected chi connectivity index (χ2v) is 13.1. The molecule has 0 amide bonds. The van der Waals surface area contributed by atoms with Gasteiger partial charge in [-0.2, -0.15) is 15.1 Å². The summed E-state index contributed by atoms with van der Waals surface area (Å²) in [5, 5.41) is 28.8. The van der Waals surface area contributed by atoms with E-state index in [1.807, 2.05) is 38.1 Å². The van der Waals surface area contributed by atoms with Crippen LogP contribution in [-0.2, 0) is 18.4 Å². The predicted octanol–water partition coefficient (Wildman–Crippen LogP) is 1.92. The Balaban J connectivity index is 1.55. The first kappa shape index (κ1) is 28.1. The van der Waals surface area contributed by atoms with Crippen LogP contribution >= 0.6 is 26.8 Å². The normalized spacial score (nSPS) is 24.8. The number of nitrogens with one attached hydrogen (secondary N) is 1. The molecule has 14 nitrogen and oxygen atoms in total. The Morgan fingerprint density at radius 1 is 1.16 bits per heavy atom. The Bertz CT molecular complexity index is 1370. The van der Waals surface area contributed by atoms with E-state index in [2.05, 4.69) is 20.4 Å². The van der Waals surface area contributed by atoms with Crippen LogP contribution in [0, 0.1) is 6.92 Å². The highest BCUT2D eigenvalue weighted by Gasteiger charge is 2.46. The van der Waals surface area contributed by atoms with Crippen molar-refractivity contribution in [2.75, 3.05) is 17.8 Å². The molecule has 0 bridgehead atoms. The fourth-order valence-electron chi connectivity index (χ4n) is 3.87. The highest BCUT2D eigenvalue weighted by Crippen LogP contribution is 2.55. The largest absolute Gasteiger partial charge is 0.387 e. The van der Waals surface area contributed by atoms with Crippen molar-refractivity contribution >= 4 is 43.6 Å². The van der Waals surface area contributed by atoms with Gasteiger partial charge >= 0.3 is 15.2 Å². The molecule has 0 spiro atoms. The highest BCUT2D eigenvalue weighted by atomic mass is 35.5. The number of aryl methyl sites for hydroxylation is 1. The number of nitrogens with zero attached hydrogens (tertiary/aromatic N) is 4. The maximum absolute atomic E-state index is 11.9. The fourth-order valence-corrected chi connectivity index (χ4v) is 6.60. The van der Waals surface area contributed by atoms with Crippen LogP contribution in [0.5, 0.6) is 0 Å². The number of hydrogen-bond donors (Lipinski definition) is 6. The second kappa shape index (κ2) is 10.7. The zero-order chi connectivity index (χ0) is 27.1. The maximum Gasteiger partial charge on any atom is 0.340 e. The zero-order valence-corrected chi connectivity index (χ0v) is 22.2. The summed E-state index contributed by atoms with van der Waals surface area (Å²) < 4.78 is 34.5. The van der Waals surface area contributed by atoms with E-state index >= 15 is 0 Å². The molecule has 1 saturated heterocycles. The van der Waals surface area contributed by atoms with Gasteiger partial charge in [-0.3, -0.25) is 9.13 Å². The molecule has 17 heteroatoms. The van der Waals surface area contributed by atoms with Crippen molar-refractivity contribution in [2.24, 2.45) is 0 Å². The van der Waals surface area contributed by atoms with Crippen molar-refractivity contribution in [3.63, 3.8) is 0 Å². The number of halogens is 1. The summed E-state index contributed by atoms with van der Waals surface area (Å²) in [5.41, 5.74) is 2.31. The molecule has 0 saturated carbocycles. The fraction of sp³-hybridized carbons (Fsp3) is 0.450. The Hall–Kier alpha value is -1.96. The number of fused-ring (bicyclic) bond motifs is 1. The van der Waals surface area contributed by atoms with Crippen molar-refractivity contribution in [2.45, 2.75) is 44.4 Å². The topological polar surface area (TPSA) is 209 Å². The van der Waals surface area contributed by atoms with Crippen LogP contribution in [0.4, 0.5) is 5.82 Å². The van der Waals surface area contributed by atoms with Crippen LogP contribution in [0.3, 0.4) is 0 Å². The van der Waals surface area contributed by atoms with E-state index in [1.165, 1.54) is 10.9 Å². The number of anilines is 1. The minimum absolute atomic E-state index is 0.112. The molecular formula is C20H26ClN5O9P2. The third-order valence-corrected chi connectivity index (χ3v) is 9.36. The summed E-state index contributed by atoms with van der Waals surface area (Å²) in [6, 6.07) is 7.78. The van der Waals surface area contributed by atoms with E-state index in [0.29, 0.717) is 11.2 Å². The first-order valence-corrected chi connectivity index (χ1v) is 14.9. The Morgan fingerprint density at radius 3 is 2.49 bits per heavy atom. The van der Waals surface area contributed by atoms with Crippen molar-refractivity contribution in [3.8, 4) is 0 Å². The molecular weight excluding hydrogens is 552 g/mol. The summed E-state index contributed by atoms with van der Waals surface area (Å²) in [6.45, 7) is 3.20. The third-order valence-electron chi connectivity index (χ3n) is 5.74. The quantitative estimate of drug-likeness (QED) is 0.159. The standard InChI is InChI=1S/C20H26ClN5O9P2/c1-10-3-5-12(6-4-10)11(2)23-17-13-7-22-26(18(13)25-20(21)24-17)19-16(28)15(27)14(35-19)8-34-37(32,33)9-36(29,30)31/h3-7,11,14-16,19,27-28H,8-9H2,1-2H3,(H,32,33)(H,23,24,25)(H2,29,30,31)/t11-,14-,15+,16+,19-/m1/s1. The summed E-state index contributed by atoms with van der Waals surface area (Å²) >= 11 is 6.16. The molecule has 1 aliphatic heterocycles. The van der Waals surface area contributed by atoms with Crippen molar-refractivity contribution in [1.82, 2.24) is 19.7 Å². The molecule has 3 aromatic rings. The van der Waals surface area contributed by atoms with Crippen molar-refractivity contribution in [3.05, 3.63) is 46.9 Å². The lowest BCUT2D eigenvalue weighted by molar-refractivity contribution is -0.0541. The SMILES string of the molecule is Cc1ccc([C@@H](C)Nc2nc(Cl)nc3c2cnn3[C@@H]2O[C@H](COP(=O)(O)CP(=O)(O)O)[C@H](O)[C@@H]2O)cc1. The molecule has 1 fully saturated rings. The summed E-state index contributed by atoms with van der Waals surface area (Å²) in [5.74, 6) is -1.02. The van der Waals surface area contributed by atoms with E-state index in [-0.39, 0.29) is 17.0 Å². The molecule has 2 aromatic heterocycles. The highest BCUT2D eigenvalue weighted by molar-refractivity contribution is 7.70. The van der Waals surface area contributed by atoms with Crippen LogP contribution in [0.2, 0.25) is 5.28 Å². The first-order valence-electron chi connectivity index (χ1n) is 11.0. The van der Waals surface area contributed by atoms with Crippen molar-refractivity contribution in [1.29, 1.82) is 0 Å². The van der Waals surface area contributed by atoms with Crippen LogP contribution in [0.1, 0.15) is 30.3 Å². The van der Waals surface area contributed by atoms with Gasteiger partial charge in [-0.05, 0) is 31.0 Å². The molecule has 0 radical (unpaired) electrons. The van der Waals surface area contributed by atoms with Gasteiger partial charge in [0.05, 0.1) is 18.2 Å². The van der Waals surface area contributed by atoms with E-state index in [1.54, 1.807) is 0 Å². The Morgan fingerprint density at radius 2 is 1.84 bits per heavy atom. The zero-order valence-electron chi connectivity index (χ0n) is 19.6. The molecule has 3 heterocycles. The molecule has 6 atom stereocenters. The van der Waals surface area contributed by atoms with E-state index in [4.69, 9.17) is 30.6 Å². The van der Waals surface area contributed by atoms with Crippen LogP contribution in [-0.4, -0.2) is 75.5 Å². The van der Waals surface area contributed by atoms with Crippen LogP contribution in [0.15, 0.2) is 30.5 Å². The van der Waals surface area contributed by atoms with Gasteiger partial charge in [0.1, 0.15) is 24.1 Å². The monoisotopic (exact) mass is 577 g/mol. The van der Waals surface area contributed by atoms with Gasteiger partial charge in [0, 0.05) is 6.04 Å². The average Bonchev–Trinajstić information content (AvgIpc) is 3.32. The average molecular weight is 578 g/mol. The minimum Gasteiger partial charge on any atom is -0.387 e. The summed E-state index contributed by atoms with van der Waals surface area (Å²) in [7, 11) is -9.53. The molecule has 6 N–H and O–H groups in total. The third kappa shape index (κ3) is 6.55. The predicted molar refractivity (Wildman–Crippen MR) is 132 cm³/mol. The van der Waals surface area contributed by atoms with E-state index in [0.717, 1.165) is 11.1 Å². The molecule has 202 valence electrons. The molecule has 37 heavy (non-hydrogen) atoms. The van der Waals surface area contributed by atoms with Gasteiger partial charge in [0.15, 0.2) is 17.8 Å². The van der Waals surface area contributed by atoms with E-state index in [9.17, 15) is 24.2 Å². The number of aliphatic hydroxyl groups is 2. The smallest absolute Gasteiger partial charge is 0.340 e. The molecule has 1 aliphatic rings. The molecule has 4 rings (SSSR count). The Labute approximate surface area is 215 Å². The molecule has 1 unspecified atom stereocenters. The number of ether oxygens (including phenoxy) is 1. The number of aliphatic hydroxyl groups excluding tert-OH is 2. The second-order valence-electron chi connectivity index (χ2n) is 8.73. The molecule has 1 aromatic carbocycles. The lowest BCUT2D eigenvalue weighted by Gasteiger charge is -2.18. The van der Waals surface area contributed by atoms with E-state index < -0.39 is 52.2 Å². The summed E-state index contributed by atoms with van der Waals surface area (Å²) in [6.07, 6.45) is -4.28. The van der Waals surface area contributed by atoms with Gasteiger partial charge in [0.25, 0.3) is 0 Å². The Kier molecular flexibility index (Phi) is 8.08. The van der Waals surface area contributed by atoms with Gasteiger partial charge in [-0.25, -0.2) is 4.68 Å². The lowest BCUT2D eigenvalue weighted by atomic mass is 10.1. The number of aromatic nitrogens is 4. The summed E-state index contributed by atoms with van der Waals surface area (Å²) in [4.78, 5) is 35.9. The number of hydrogen-bond acceptors (Lipinski definition) is 10.